The maximum Gasteiger partial charge on any atom is 0.338 e. The molecule has 152 valence electrons. The normalized spacial score (nSPS) is 10.5. The zero-order valence-electron chi connectivity index (χ0n) is 16.5. The van der Waals surface area contributed by atoms with Crippen molar-refractivity contribution < 1.29 is 19.1 Å². The van der Waals surface area contributed by atoms with E-state index in [1.54, 1.807) is 38.1 Å². The Hall–Kier alpha value is -3.02. The third-order valence-corrected chi connectivity index (χ3v) is 5.31. The average molecular weight is 439 g/mol. The highest BCUT2D eigenvalue weighted by Crippen LogP contribution is 2.45. The lowest BCUT2D eigenvalue weighted by molar-refractivity contribution is -0.131. The molecule has 0 atom stereocenters. The molecule has 3 aromatic rings. The molecular weight excluding hydrogens is 420 g/mol. The standard InChI is InChI=1S/C24H19ClO4S/c1-14(2)23(26)28-20-13-21(30-17-8-6-5-7-9-17)22(29-24(27)15(3)4)18-11-10-16(25)12-19(18)20/h5-13H,1,3H2,2,4H3. The van der Waals surface area contributed by atoms with Gasteiger partial charge in [-0.2, -0.15) is 0 Å². The lowest BCUT2D eigenvalue weighted by atomic mass is 10.1. The number of rotatable bonds is 6. The van der Waals surface area contributed by atoms with Gasteiger partial charge in [0.05, 0.1) is 4.90 Å². The first-order valence-electron chi connectivity index (χ1n) is 9.01. The Bertz CT molecular complexity index is 1170. The van der Waals surface area contributed by atoms with Crippen molar-refractivity contribution in [3.63, 3.8) is 0 Å². The first-order chi connectivity index (χ1) is 14.3. The lowest BCUT2D eigenvalue weighted by Gasteiger charge is -2.16. The van der Waals surface area contributed by atoms with Gasteiger partial charge in [-0.15, -0.1) is 0 Å². The number of hydrogen-bond donors (Lipinski definition) is 0. The molecule has 3 aromatic carbocycles. The fraction of sp³-hybridized carbons (Fsp3) is 0.0833. The molecule has 0 bridgehead atoms. The van der Waals surface area contributed by atoms with Gasteiger partial charge in [-0.25, -0.2) is 9.59 Å². The van der Waals surface area contributed by atoms with Crippen molar-refractivity contribution in [3.05, 3.63) is 83.9 Å². The Kier molecular flexibility index (Phi) is 6.65. The van der Waals surface area contributed by atoms with Crippen LogP contribution >= 0.6 is 23.4 Å². The minimum Gasteiger partial charge on any atom is -0.422 e. The molecule has 0 amide bonds. The third-order valence-electron chi connectivity index (χ3n) is 4.04. The molecule has 4 nitrogen and oxygen atoms in total. The summed E-state index contributed by atoms with van der Waals surface area (Å²) in [6, 6.07) is 16.3. The number of hydrogen-bond acceptors (Lipinski definition) is 5. The third kappa shape index (κ3) is 4.93. The lowest BCUT2D eigenvalue weighted by Crippen LogP contribution is -2.11. The van der Waals surface area contributed by atoms with Gasteiger partial charge >= 0.3 is 11.9 Å². The van der Waals surface area contributed by atoms with Gasteiger partial charge < -0.3 is 9.47 Å². The van der Waals surface area contributed by atoms with Crippen LogP contribution in [-0.2, 0) is 9.59 Å². The summed E-state index contributed by atoms with van der Waals surface area (Å²) in [7, 11) is 0. The zero-order valence-corrected chi connectivity index (χ0v) is 18.1. The van der Waals surface area contributed by atoms with E-state index in [2.05, 4.69) is 13.2 Å². The smallest absolute Gasteiger partial charge is 0.338 e. The fourth-order valence-corrected chi connectivity index (χ4v) is 3.69. The van der Waals surface area contributed by atoms with Gasteiger partial charge in [-0.3, -0.25) is 0 Å². The van der Waals surface area contributed by atoms with E-state index < -0.39 is 11.9 Å². The molecule has 30 heavy (non-hydrogen) atoms. The second-order valence-electron chi connectivity index (χ2n) is 6.65. The summed E-state index contributed by atoms with van der Waals surface area (Å²) in [6.45, 7) is 10.4. The number of carbonyl (C=O) groups is 2. The van der Waals surface area contributed by atoms with Crippen LogP contribution in [0, 0.1) is 0 Å². The van der Waals surface area contributed by atoms with E-state index in [-0.39, 0.29) is 11.1 Å². The van der Waals surface area contributed by atoms with Crippen LogP contribution in [0.3, 0.4) is 0 Å². The minimum absolute atomic E-state index is 0.264. The molecule has 0 aliphatic heterocycles. The summed E-state index contributed by atoms with van der Waals surface area (Å²) < 4.78 is 11.2. The Balaban J connectivity index is 2.24. The van der Waals surface area contributed by atoms with E-state index in [0.717, 1.165) is 4.90 Å². The zero-order chi connectivity index (χ0) is 21.8. The Labute approximate surface area is 184 Å². The van der Waals surface area contributed by atoms with Crippen LogP contribution < -0.4 is 9.47 Å². The highest BCUT2D eigenvalue weighted by molar-refractivity contribution is 7.99. The summed E-state index contributed by atoms with van der Waals surface area (Å²) in [5, 5.41) is 1.58. The van der Waals surface area contributed by atoms with Gasteiger partial charge in [0, 0.05) is 31.8 Å². The Morgan fingerprint density at radius 1 is 0.867 bits per heavy atom. The van der Waals surface area contributed by atoms with Crippen LogP contribution in [0.2, 0.25) is 5.02 Å². The fourth-order valence-electron chi connectivity index (χ4n) is 2.56. The van der Waals surface area contributed by atoms with Gasteiger partial charge in [0.2, 0.25) is 0 Å². The second-order valence-corrected chi connectivity index (χ2v) is 8.20. The Morgan fingerprint density at radius 3 is 2.13 bits per heavy atom. The largest absolute Gasteiger partial charge is 0.422 e. The quantitative estimate of drug-likeness (QED) is 0.246. The second kappa shape index (κ2) is 9.20. The van der Waals surface area contributed by atoms with Crippen LogP contribution in [0.4, 0.5) is 0 Å². The first kappa shape index (κ1) is 21.7. The first-order valence-corrected chi connectivity index (χ1v) is 10.2. The van der Waals surface area contributed by atoms with Gasteiger partial charge in [0.1, 0.15) is 5.75 Å². The average Bonchev–Trinajstić information content (AvgIpc) is 2.71. The predicted octanol–water partition coefficient (Wildman–Crippen LogP) is 6.61. The van der Waals surface area contributed by atoms with Crippen molar-refractivity contribution >= 4 is 46.1 Å². The molecule has 0 heterocycles. The molecule has 3 rings (SSSR count). The van der Waals surface area contributed by atoms with Crippen LogP contribution in [0.25, 0.3) is 10.8 Å². The molecule has 6 heteroatoms. The van der Waals surface area contributed by atoms with Crippen molar-refractivity contribution in [2.24, 2.45) is 0 Å². The van der Waals surface area contributed by atoms with E-state index in [1.807, 2.05) is 30.3 Å². The van der Waals surface area contributed by atoms with Gasteiger partial charge in [-0.1, -0.05) is 54.7 Å². The van der Waals surface area contributed by atoms with Gasteiger partial charge in [-0.05, 0) is 50.2 Å². The predicted molar refractivity (Wildman–Crippen MR) is 120 cm³/mol. The van der Waals surface area contributed by atoms with Crippen molar-refractivity contribution in [3.8, 4) is 11.5 Å². The number of ether oxygens (including phenoxy) is 2. The number of fused-ring (bicyclic) bond motifs is 1. The molecule has 0 spiro atoms. The summed E-state index contributed by atoms with van der Waals surface area (Å²) in [4.78, 5) is 26.1. The van der Waals surface area contributed by atoms with E-state index in [9.17, 15) is 9.59 Å². The van der Waals surface area contributed by atoms with Crippen LogP contribution in [0.15, 0.2) is 88.7 Å². The molecule has 0 unspecified atom stereocenters. The molecule has 0 aliphatic rings. The van der Waals surface area contributed by atoms with Crippen LogP contribution in [0.5, 0.6) is 11.5 Å². The molecule has 0 aliphatic carbocycles. The molecule has 0 N–H and O–H groups in total. The van der Waals surface area contributed by atoms with Crippen molar-refractivity contribution in [1.29, 1.82) is 0 Å². The minimum atomic E-state index is -0.557. The number of benzene rings is 3. The number of esters is 2. The summed E-state index contributed by atoms with van der Waals surface area (Å²) in [5.41, 5.74) is 0.533. The van der Waals surface area contributed by atoms with E-state index in [4.69, 9.17) is 21.1 Å². The molecule has 0 saturated heterocycles. The molecular formula is C24H19ClO4S. The summed E-state index contributed by atoms with van der Waals surface area (Å²) in [5.74, 6) is -0.459. The number of halogens is 1. The SMILES string of the molecule is C=C(C)C(=O)Oc1cc(Sc2ccccc2)c(OC(=O)C(=C)C)c2ccc(Cl)cc12. The van der Waals surface area contributed by atoms with Gasteiger partial charge in [0.15, 0.2) is 5.75 Å². The highest BCUT2D eigenvalue weighted by atomic mass is 35.5. The molecule has 0 fully saturated rings. The molecule has 0 aromatic heterocycles. The highest BCUT2D eigenvalue weighted by Gasteiger charge is 2.20. The van der Waals surface area contributed by atoms with E-state index in [1.165, 1.54) is 11.8 Å². The van der Waals surface area contributed by atoms with Crippen molar-refractivity contribution in [2.75, 3.05) is 0 Å². The van der Waals surface area contributed by atoms with E-state index in [0.29, 0.717) is 32.2 Å². The van der Waals surface area contributed by atoms with Crippen molar-refractivity contribution in [1.82, 2.24) is 0 Å². The number of carbonyl (C=O) groups excluding carboxylic acids is 2. The maximum absolute atomic E-state index is 12.3. The van der Waals surface area contributed by atoms with Crippen LogP contribution in [-0.4, -0.2) is 11.9 Å². The summed E-state index contributed by atoms with van der Waals surface area (Å²) in [6.07, 6.45) is 0. The van der Waals surface area contributed by atoms with Gasteiger partial charge in [0.25, 0.3) is 0 Å². The Morgan fingerprint density at radius 2 is 1.50 bits per heavy atom. The maximum atomic E-state index is 12.3. The topological polar surface area (TPSA) is 52.6 Å². The summed E-state index contributed by atoms with van der Waals surface area (Å²) >= 11 is 7.57. The van der Waals surface area contributed by atoms with E-state index >= 15 is 0 Å². The van der Waals surface area contributed by atoms with Crippen LogP contribution in [0.1, 0.15) is 13.8 Å². The monoisotopic (exact) mass is 438 g/mol. The molecule has 0 radical (unpaired) electrons. The van der Waals surface area contributed by atoms with Crippen molar-refractivity contribution in [2.45, 2.75) is 23.6 Å². The molecule has 0 saturated carbocycles.